The summed E-state index contributed by atoms with van der Waals surface area (Å²) in [5.41, 5.74) is 0. The Kier molecular flexibility index (Phi) is 7.65. The van der Waals surface area contributed by atoms with Gasteiger partial charge in [0.15, 0.2) is 6.61 Å². The molecule has 1 aromatic carbocycles. The van der Waals surface area contributed by atoms with Crippen molar-refractivity contribution in [3.8, 4) is 5.75 Å². The molecule has 5 nitrogen and oxygen atoms in total. The lowest BCUT2D eigenvalue weighted by molar-refractivity contribution is -0.137. The normalized spacial score (nSPS) is 18.0. The minimum Gasteiger partial charge on any atom is -0.484 e. The fraction of sp³-hybridized carbons (Fsp3) is 0.588. The van der Waals surface area contributed by atoms with Crippen LogP contribution in [-0.4, -0.2) is 56.4 Å². The predicted octanol–water partition coefficient (Wildman–Crippen LogP) is 2.76. The number of amides is 1. The summed E-state index contributed by atoms with van der Waals surface area (Å²) in [5, 5.41) is 0.645. The van der Waals surface area contributed by atoms with Crippen molar-refractivity contribution in [2.45, 2.75) is 25.9 Å². The van der Waals surface area contributed by atoms with Crippen LogP contribution in [0.25, 0.3) is 0 Å². The van der Waals surface area contributed by atoms with Gasteiger partial charge in [-0.2, -0.15) is 0 Å². The lowest BCUT2D eigenvalue weighted by atomic mass is 10.1. The highest BCUT2D eigenvalue weighted by molar-refractivity contribution is 6.30. The molecule has 0 bridgehead atoms. The third-order valence-electron chi connectivity index (χ3n) is 3.69. The lowest BCUT2D eigenvalue weighted by Crippen LogP contribution is -2.45. The topological polar surface area (TPSA) is 48.0 Å². The molecule has 23 heavy (non-hydrogen) atoms. The number of halogens is 1. The summed E-state index contributed by atoms with van der Waals surface area (Å²) in [6.45, 7) is 5.24. The highest BCUT2D eigenvalue weighted by atomic mass is 35.5. The molecule has 1 aliphatic heterocycles. The average Bonchev–Trinajstić information content (AvgIpc) is 2.58. The smallest absolute Gasteiger partial charge is 0.260 e. The van der Waals surface area contributed by atoms with Gasteiger partial charge in [-0.15, -0.1) is 0 Å². The Bertz CT molecular complexity index is 480. The molecule has 1 unspecified atom stereocenters. The Labute approximate surface area is 142 Å². The van der Waals surface area contributed by atoms with Gasteiger partial charge in [-0.25, -0.2) is 0 Å². The van der Waals surface area contributed by atoms with Crippen molar-refractivity contribution in [2.24, 2.45) is 0 Å². The van der Waals surface area contributed by atoms with Crippen molar-refractivity contribution in [1.29, 1.82) is 0 Å². The molecule has 1 atom stereocenters. The summed E-state index contributed by atoms with van der Waals surface area (Å²) >= 11 is 5.82. The highest BCUT2D eigenvalue weighted by Crippen LogP contribution is 2.17. The number of ether oxygens (including phenoxy) is 3. The Morgan fingerprint density at radius 1 is 1.30 bits per heavy atom. The zero-order valence-electron chi connectivity index (χ0n) is 13.5. The molecular weight excluding hydrogens is 318 g/mol. The van der Waals surface area contributed by atoms with E-state index >= 15 is 0 Å². The van der Waals surface area contributed by atoms with Crippen molar-refractivity contribution in [1.82, 2.24) is 4.90 Å². The molecule has 2 rings (SSSR count). The number of carbonyl (C=O) groups excluding carboxylic acids is 1. The zero-order valence-corrected chi connectivity index (χ0v) is 14.3. The Balaban J connectivity index is 1.72. The van der Waals surface area contributed by atoms with Crippen LogP contribution in [0.5, 0.6) is 5.75 Å². The number of benzene rings is 1. The number of hydrogen-bond acceptors (Lipinski definition) is 4. The van der Waals surface area contributed by atoms with Crippen molar-refractivity contribution < 1.29 is 19.0 Å². The molecule has 6 heteroatoms. The van der Waals surface area contributed by atoms with Gasteiger partial charge in [0.1, 0.15) is 5.75 Å². The van der Waals surface area contributed by atoms with E-state index in [1.165, 1.54) is 0 Å². The van der Waals surface area contributed by atoms with Gasteiger partial charge in [-0.1, -0.05) is 11.6 Å². The summed E-state index contributed by atoms with van der Waals surface area (Å²) in [7, 11) is 0. The fourth-order valence-corrected chi connectivity index (χ4v) is 2.61. The minimum atomic E-state index is -0.0157. The van der Waals surface area contributed by atoms with E-state index in [1.807, 2.05) is 11.8 Å². The summed E-state index contributed by atoms with van der Waals surface area (Å²) in [6.07, 6.45) is 2.02. The number of hydrogen-bond donors (Lipinski definition) is 0. The third-order valence-corrected chi connectivity index (χ3v) is 3.94. The molecular formula is C17H24ClNO4. The quantitative estimate of drug-likeness (QED) is 0.682. The second-order valence-corrected chi connectivity index (χ2v) is 5.85. The van der Waals surface area contributed by atoms with Crippen LogP contribution < -0.4 is 4.74 Å². The van der Waals surface area contributed by atoms with Gasteiger partial charge in [-0.3, -0.25) is 4.79 Å². The first kappa shape index (κ1) is 18.0. The van der Waals surface area contributed by atoms with Gasteiger partial charge in [0, 0.05) is 24.7 Å². The van der Waals surface area contributed by atoms with Crippen molar-refractivity contribution >= 4 is 17.5 Å². The predicted molar refractivity (Wildman–Crippen MR) is 89.0 cm³/mol. The summed E-state index contributed by atoms with van der Waals surface area (Å²) in [5.74, 6) is 0.627. The van der Waals surface area contributed by atoms with Crippen LogP contribution in [0.3, 0.4) is 0 Å². The van der Waals surface area contributed by atoms with E-state index in [0.29, 0.717) is 37.1 Å². The lowest BCUT2D eigenvalue weighted by Gasteiger charge is -2.32. The standard InChI is InChI=1S/C17H24ClNO4/c1-2-21-10-11-22-16-4-3-9-19(12-16)17(20)13-23-15-7-5-14(18)6-8-15/h5-8,16H,2-4,9-13H2,1H3. The Morgan fingerprint density at radius 3 is 2.83 bits per heavy atom. The first-order chi connectivity index (χ1) is 11.2. The number of nitrogens with zero attached hydrogens (tertiary/aromatic N) is 1. The summed E-state index contributed by atoms with van der Waals surface area (Å²) in [4.78, 5) is 14.1. The van der Waals surface area contributed by atoms with Crippen molar-refractivity contribution in [2.75, 3.05) is 39.5 Å². The van der Waals surface area contributed by atoms with Gasteiger partial charge in [0.2, 0.25) is 0 Å². The molecule has 0 spiro atoms. The van der Waals surface area contributed by atoms with Crippen molar-refractivity contribution in [3.63, 3.8) is 0 Å². The molecule has 0 N–H and O–H groups in total. The molecule has 1 amide bonds. The van der Waals surface area contributed by atoms with E-state index in [-0.39, 0.29) is 18.6 Å². The molecule has 128 valence electrons. The van der Waals surface area contributed by atoms with Crippen LogP contribution >= 0.6 is 11.6 Å². The molecule has 0 aromatic heterocycles. The first-order valence-corrected chi connectivity index (χ1v) is 8.42. The van der Waals surface area contributed by atoms with Crippen LogP contribution in [-0.2, 0) is 14.3 Å². The highest BCUT2D eigenvalue weighted by Gasteiger charge is 2.24. The monoisotopic (exact) mass is 341 g/mol. The third kappa shape index (κ3) is 6.37. The second kappa shape index (κ2) is 9.75. The maximum Gasteiger partial charge on any atom is 0.260 e. The molecule has 0 aliphatic carbocycles. The van der Waals surface area contributed by atoms with Gasteiger partial charge in [-0.05, 0) is 44.0 Å². The van der Waals surface area contributed by atoms with Gasteiger partial charge < -0.3 is 19.1 Å². The number of carbonyl (C=O) groups is 1. The molecule has 0 saturated carbocycles. The van der Waals surface area contributed by atoms with Gasteiger partial charge >= 0.3 is 0 Å². The van der Waals surface area contributed by atoms with Gasteiger partial charge in [0.05, 0.1) is 19.3 Å². The van der Waals surface area contributed by atoms with E-state index in [0.717, 1.165) is 19.4 Å². The van der Waals surface area contributed by atoms with E-state index in [2.05, 4.69) is 0 Å². The molecule has 0 radical (unpaired) electrons. The molecule has 1 saturated heterocycles. The minimum absolute atomic E-state index is 0.0157. The maximum absolute atomic E-state index is 12.3. The van der Waals surface area contributed by atoms with E-state index in [4.69, 9.17) is 25.8 Å². The van der Waals surface area contributed by atoms with Crippen LogP contribution in [0.4, 0.5) is 0 Å². The van der Waals surface area contributed by atoms with Crippen LogP contribution in [0.2, 0.25) is 5.02 Å². The molecule has 1 aromatic rings. The Morgan fingerprint density at radius 2 is 2.09 bits per heavy atom. The Hall–Kier alpha value is -1.30. The van der Waals surface area contributed by atoms with E-state index < -0.39 is 0 Å². The number of rotatable bonds is 8. The average molecular weight is 342 g/mol. The first-order valence-electron chi connectivity index (χ1n) is 8.04. The fourth-order valence-electron chi connectivity index (χ4n) is 2.49. The molecule has 1 aliphatic rings. The van der Waals surface area contributed by atoms with E-state index in [9.17, 15) is 4.79 Å². The maximum atomic E-state index is 12.3. The number of piperidine rings is 1. The molecule has 1 heterocycles. The zero-order chi connectivity index (χ0) is 16.5. The SMILES string of the molecule is CCOCCOC1CCCN(C(=O)COc2ccc(Cl)cc2)C1. The number of likely N-dealkylation sites (tertiary alicyclic amines) is 1. The van der Waals surface area contributed by atoms with E-state index in [1.54, 1.807) is 24.3 Å². The van der Waals surface area contributed by atoms with Crippen LogP contribution in [0, 0.1) is 0 Å². The largest absolute Gasteiger partial charge is 0.484 e. The van der Waals surface area contributed by atoms with Crippen LogP contribution in [0.1, 0.15) is 19.8 Å². The second-order valence-electron chi connectivity index (χ2n) is 5.41. The van der Waals surface area contributed by atoms with Crippen molar-refractivity contribution in [3.05, 3.63) is 29.3 Å². The molecule has 1 fully saturated rings. The summed E-state index contributed by atoms with van der Waals surface area (Å²) in [6, 6.07) is 6.99. The summed E-state index contributed by atoms with van der Waals surface area (Å²) < 4.78 is 16.5. The van der Waals surface area contributed by atoms with Gasteiger partial charge in [0.25, 0.3) is 5.91 Å². The van der Waals surface area contributed by atoms with Crippen LogP contribution in [0.15, 0.2) is 24.3 Å².